The Morgan fingerprint density at radius 2 is 2.18 bits per heavy atom. The Bertz CT molecular complexity index is 369. The highest BCUT2D eigenvalue weighted by molar-refractivity contribution is 8.93. The number of imidazole rings is 1. The summed E-state index contributed by atoms with van der Waals surface area (Å²) in [5, 5.41) is 0. The molecular weight excluding hydrogens is 226 g/mol. The van der Waals surface area contributed by atoms with Crippen LogP contribution in [0.4, 0.5) is 0 Å². The first-order valence-corrected chi connectivity index (χ1v) is 3.30. The molecule has 2 heterocycles. The van der Waals surface area contributed by atoms with E-state index in [2.05, 4.69) is 15.0 Å². The molecule has 2 N–H and O–H groups in total. The maximum Gasteiger partial charge on any atom is 0.176 e. The lowest BCUT2D eigenvalue weighted by atomic mass is 10.4. The largest absolute Gasteiger partial charge is 0.329 e. The topological polar surface area (TPSA) is 44.5 Å². The van der Waals surface area contributed by atoms with Crippen molar-refractivity contribution >= 4 is 40.4 Å². The maximum absolute atomic E-state index is 4.86. The fourth-order valence-electron chi connectivity index (χ4n) is 0.867. The van der Waals surface area contributed by atoms with Gasteiger partial charge in [0.25, 0.3) is 0 Å². The highest BCUT2D eigenvalue weighted by Gasteiger charge is 1.91. The van der Waals surface area contributed by atoms with Crippen LogP contribution in [0.3, 0.4) is 0 Å². The molecule has 5 heteroatoms. The van der Waals surface area contributed by atoms with Crippen molar-refractivity contribution in [2.24, 2.45) is 0 Å². The number of nitrogens with zero attached hydrogens (tertiary/aromatic N) is 1. The molecule has 0 saturated carbocycles. The van der Waals surface area contributed by atoms with Crippen LogP contribution in [0.2, 0.25) is 0 Å². The lowest BCUT2D eigenvalue weighted by Crippen LogP contribution is -1.71. The number of pyridine rings is 1. The molecule has 0 aromatic carbocycles. The van der Waals surface area contributed by atoms with Crippen molar-refractivity contribution in [3.8, 4) is 0 Å². The van der Waals surface area contributed by atoms with Gasteiger partial charge in [0.15, 0.2) is 10.4 Å². The summed E-state index contributed by atoms with van der Waals surface area (Å²) >= 11 is 4.86. The van der Waals surface area contributed by atoms with E-state index in [0.717, 1.165) is 11.2 Å². The molecule has 3 nitrogen and oxygen atoms in total. The first kappa shape index (κ1) is 8.42. The van der Waals surface area contributed by atoms with E-state index in [-0.39, 0.29) is 17.0 Å². The number of aromatic nitrogens is 3. The molecule has 2 aromatic heterocycles. The van der Waals surface area contributed by atoms with E-state index in [0.29, 0.717) is 4.77 Å². The molecule has 2 rings (SSSR count). The fourth-order valence-corrected chi connectivity index (χ4v) is 1.07. The molecule has 0 unspecified atom stereocenters. The lowest BCUT2D eigenvalue weighted by molar-refractivity contribution is 1.27. The number of nitrogens with one attached hydrogen (secondary N) is 2. The minimum atomic E-state index is 0. The summed E-state index contributed by atoms with van der Waals surface area (Å²) < 4.78 is 0.619. The third-order valence-corrected chi connectivity index (χ3v) is 1.49. The quantitative estimate of drug-likeness (QED) is 0.684. The zero-order chi connectivity index (χ0) is 6.97. The molecule has 2 aromatic rings. The summed E-state index contributed by atoms with van der Waals surface area (Å²) in [6.07, 6.45) is 1.72. The zero-order valence-electron chi connectivity index (χ0n) is 5.50. The number of hydrogen-bond donors (Lipinski definition) is 2. The van der Waals surface area contributed by atoms with Crippen molar-refractivity contribution in [3.05, 3.63) is 23.1 Å². The molecule has 0 spiro atoms. The molecule has 0 fully saturated rings. The van der Waals surface area contributed by atoms with Crippen molar-refractivity contribution < 1.29 is 0 Å². The number of fused-ring (bicyclic) bond motifs is 1. The van der Waals surface area contributed by atoms with Crippen molar-refractivity contribution in [1.29, 1.82) is 0 Å². The Hall–Kier alpha value is -0.680. The van der Waals surface area contributed by atoms with Gasteiger partial charge in [0.2, 0.25) is 0 Å². The SMILES string of the molecule is Br.S=c1[nH]c2cccnc2[nH]1. The number of hydrogen-bond acceptors (Lipinski definition) is 2. The van der Waals surface area contributed by atoms with Gasteiger partial charge in [-0.2, -0.15) is 0 Å². The predicted molar refractivity (Wildman–Crippen MR) is 51.6 cm³/mol. The second-order valence-electron chi connectivity index (χ2n) is 1.98. The smallest absolute Gasteiger partial charge is 0.176 e. The highest BCUT2D eigenvalue weighted by Crippen LogP contribution is 2.03. The van der Waals surface area contributed by atoms with Crippen molar-refractivity contribution in [3.63, 3.8) is 0 Å². The molecule has 0 amide bonds. The Balaban J connectivity index is 0.000000605. The first-order chi connectivity index (χ1) is 4.86. The van der Waals surface area contributed by atoms with E-state index >= 15 is 0 Å². The van der Waals surface area contributed by atoms with Crippen LogP contribution < -0.4 is 0 Å². The molecule has 0 aliphatic carbocycles. The molecule has 0 bridgehead atoms. The van der Waals surface area contributed by atoms with E-state index in [4.69, 9.17) is 12.2 Å². The third-order valence-electron chi connectivity index (χ3n) is 1.29. The summed E-state index contributed by atoms with van der Waals surface area (Å²) in [5.74, 6) is 0. The molecule has 11 heavy (non-hydrogen) atoms. The van der Waals surface area contributed by atoms with Crippen LogP contribution in [0.15, 0.2) is 18.3 Å². The molecule has 58 valence electrons. The van der Waals surface area contributed by atoms with E-state index in [1.807, 2.05) is 12.1 Å². The molecule has 0 atom stereocenters. The van der Waals surface area contributed by atoms with Crippen LogP contribution in [0.25, 0.3) is 11.2 Å². The van der Waals surface area contributed by atoms with E-state index in [1.54, 1.807) is 6.20 Å². The number of rotatable bonds is 0. The first-order valence-electron chi connectivity index (χ1n) is 2.89. The Labute approximate surface area is 78.6 Å². The fraction of sp³-hybridized carbons (Fsp3) is 0. The van der Waals surface area contributed by atoms with Crippen molar-refractivity contribution in [1.82, 2.24) is 15.0 Å². The van der Waals surface area contributed by atoms with E-state index in [9.17, 15) is 0 Å². The van der Waals surface area contributed by atoms with Crippen LogP contribution in [0, 0.1) is 4.77 Å². The number of aromatic amines is 2. The number of H-pyrrole nitrogens is 2. The molecule has 0 aliphatic rings. The van der Waals surface area contributed by atoms with E-state index < -0.39 is 0 Å². The standard InChI is InChI=1S/C6H5N3S.BrH/c10-6-8-4-2-1-3-7-5(4)9-6;/h1-3H,(H2,7,8,9,10);1H. The minimum Gasteiger partial charge on any atom is -0.329 e. The molecule has 0 aliphatic heterocycles. The highest BCUT2D eigenvalue weighted by atomic mass is 79.9. The Kier molecular flexibility index (Phi) is 2.41. The summed E-state index contributed by atoms with van der Waals surface area (Å²) in [5.41, 5.74) is 1.76. The van der Waals surface area contributed by atoms with Gasteiger partial charge in [0, 0.05) is 6.20 Å². The summed E-state index contributed by atoms with van der Waals surface area (Å²) in [6.45, 7) is 0. The normalized spacial score (nSPS) is 9.45. The van der Waals surface area contributed by atoms with Crippen molar-refractivity contribution in [2.75, 3.05) is 0 Å². The monoisotopic (exact) mass is 231 g/mol. The Morgan fingerprint density at radius 3 is 2.91 bits per heavy atom. The predicted octanol–water partition coefficient (Wildman–Crippen LogP) is 2.20. The van der Waals surface area contributed by atoms with Gasteiger partial charge in [-0.25, -0.2) is 4.98 Å². The van der Waals surface area contributed by atoms with Gasteiger partial charge in [-0.05, 0) is 24.4 Å². The minimum absolute atomic E-state index is 0. The van der Waals surface area contributed by atoms with Gasteiger partial charge in [0.05, 0.1) is 5.52 Å². The molecular formula is C6H6BrN3S. The van der Waals surface area contributed by atoms with Crippen LogP contribution in [-0.2, 0) is 0 Å². The van der Waals surface area contributed by atoms with Crippen LogP contribution in [0.5, 0.6) is 0 Å². The lowest BCUT2D eigenvalue weighted by Gasteiger charge is -1.81. The van der Waals surface area contributed by atoms with Gasteiger partial charge in [-0.3, -0.25) is 0 Å². The average Bonchev–Trinajstić information content (AvgIpc) is 2.27. The summed E-state index contributed by atoms with van der Waals surface area (Å²) in [7, 11) is 0. The summed E-state index contributed by atoms with van der Waals surface area (Å²) in [4.78, 5) is 9.91. The van der Waals surface area contributed by atoms with Gasteiger partial charge in [-0.15, -0.1) is 17.0 Å². The maximum atomic E-state index is 4.86. The Morgan fingerprint density at radius 1 is 1.36 bits per heavy atom. The second kappa shape index (κ2) is 3.15. The van der Waals surface area contributed by atoms with Gasteiger partial charge in [-0.1, -0.05) is 0 Å². The average molecular weight is 232 g/mol. The second-order valence-corrected chi connectivity index (χ2v) is 2.39. The van der Waals surface area contributed by atoms with Gasteiger partial charge < -0.3 is 9.97 Å². The van der Waals surface area contributed by atoms with E-state index in [1.165, 1.54) is 0 Å². The van der Waals surface area contributed by atoms with Crippen LogP contribution in [-0.4, -0.2) is 15.0 Å². The van der Waals surface area contributed by atoms with Gasteiger partial charge >= 0.3 is 0 Å². The number of halogens is 1. The zero-order valence-corrected chi connectivity index (χ0v) is 8.03. The van der Waals surface area contributed by atoms with Crippen molar-refractivity contribution in [2.45, 2.75) is 0 Å². The van der Waals surface area contributed by atoms with Gasteiger partial charge in [0.1, 0.15) is 0 Å². The van der Waals surface area contributed by atoms with Crippen LogP contribution >= 0.6 is 29.2 Å². The summed E-state index contributed by atoms with van der Waals surface area (Å²) in [6, 6.07) is 3.79. The molecule has 0 saturated heterocycles. The molecule has 0 radical (unpaired) electrons. The van der Waals surface area contributed by atoms with Crippen LogP contribution in [0.1, 0.15) is 0 Å². The third kappa shape index (κ3) is 1.49.